The van der Waals surface area contributed by atoms with Crippen molar-refractivity contribution in [1.29, 1.82) is 0 Å². The number of benzene rings is 1. The smallest absolute Gasteiger partial charge is 0.162 e. The van der Waals surface area contributed by atoms with Crippen molar-refractivity contribution in [3.63, 3.8) is 0 Å². The highest BCUT2D eigenvalue weighted by Gasteiger charge is 2.38. The maximum absolute atomic E-state index is 10.8. The van der Waals surface area contributed by atoms with Crippen molar-refractivity contribution in [2.45, 2.75) is 24.7 Å². The van der Waals surface area contributed by atoms with Gasteiger partial charge in [0.2, 0.25) is 0 Å². The van der Waals surface area contributed by atoms with E-state index in [9.17, 15) is 4.79 Å². The van der Waals surface area contributed by atoms with Crippen molar-refractivity contribution >= 4 is 6.29 Å². The van der Waals surface area contributed by atoms with Gasteiger partial charge >= 0.3 is 0 Å². The fourth-order valence-electron chi connectivity index (χ4n) is 2.37. The second-order valence-corrected chi connectivity index (χ2v) is 4.44. The van der Waals surface area contributed by atoms with Crippen LogP contribution in [0.25, 0.3) is 0 Å². The van der Waals surface area contributed by atoms with Crippen molar-refractivity contribution in [1.82, 2.24) is 0 Å². The van der Waals surface area contributed by atoms with Gasteiger partial charge in [-0.05, 0) is 18.2 Å². The van der Waals surface area contributed by atoms with Gasteiger partial charge in [-0.3, -0.25) is 4.79 Å². The van der Waals surface area contributed by atoms with Crippen LogP contribution in [0.5, 0.6) is 11.5 Å². The quantitative estimate of drug-likeness (QED) is 0.602. The topological polar surface area (TPSA) is 44.8 Å². The number of aldehydes is 1. The molecule has 2 bridgehead atoms. The van der Waals surface area contributed by atoms with Crippen LogP contribution < -0.4 is 9.47 Å². The number of ether oxygens (including phenoxy) is 3. The highest BCUT2D eigenvalue weighted by Crippen LogP contribution is 2.35. The fourth-order valence-corrected chi connectivity index (χ4v) is 2.37. The summed E-state index contributed by atoms with van der Waals surface area (Å²) in [5.74, 6) is 1.23. The summed E-state index contributed by atoms with van der Waals surface area (Å²) in [6, 6.07) is 5.14. The van der Waals surface area contributed by atoms with Crippen LogP contribution in [0.3, 0.4) is 0 Å². The number of methoxy groups -OCH3 is 1. The molecule has 2 aliphatic heterocycles. The molecule has 1 aromatic carbocycles. The van der Waals surface area contributed by atoms with E-state index in [0.29, 0.717) is 17.1 Å². The average molecular weight is 246 g/mol. The maximum atomic E-state index is 10.8. The first kappa shape index (κ1) is 11.3. The van der Waals surface area contributed by atoms with Crippen LogP contribution in [-0.4, -0.2) is 31.7 Å². The van der Waals surface area contributed by atoms with Crippen LogP contribution in [0.2, 0.25) is 0 Å². The van der Waals surface area contributed by atoms with Crippen molar-refractivity contribution in [3.8, 4) is 11.5 Å². The van der Waals surface area contributed by atoms with Gasteiger partial charge in [0.15, 0.2) is 11.5 Å². The molecule has 1 aromatic rings. The summed E-state index contributed by atoms with van der Waals surface area (Å²) in [6.07, 6.45) is 5.90. The number of rotatable bonds is 4. The Hall–Kier alpha value is -1.81. The summed E-state index contributed by atoms with van der Waals surface area (Å²) in [5, 5.41) is 0. The number of hydrogen-bond donors (Lipinski definition) is 0. The van der Waals surface area contributed by atoms with Crippen LogP contribution in [-0.2, 0) is 4.74 Å². The molecular formula is C14H14O4. The number of fused-ring (bicyclic) bond motifs is 2. The van der Waals surface area contributed by atoms with Gasteiger partial charge < -0.3 is 14.2 Å². The molecule has 3 atom stereocenters. The molecule has 0 saturated carbocycles. The Labute approximate surface area is 105 Å². The summed E-state index contributed by atoms with van der Waals surface area (Å²) in [6.45, 7) is 0. The summed E-state index contributed by atoms with van der Waals surface area (Å²) in [4.78, 5) is 10.8. The molecule has 1 saturated heterocycles. The second-order valence-electron chi connectivity index (χ2n) is 4.44. The minimum atomic E-state index is -0.00389. The molecular weight excluding hydrogens is 232 g/mol. The summed E-state index contributed by atoms with van der Waals surface area (Å²) < 4.78 is 16.8. The second kappa shape index (κ2) is 4.46. The fraction of sp³-hybridized carbons (Fsp3) is 0.357. The third kappa shape index (κ3) is 1.88. The van der Waals surface area contributed by atoms with Crippen molar-refractivity contribution in [2.24, 2.45) is 0 Å². The molecule has 0 aliphatic carbocycles. The molecule has 18 heavy (non-hydrogen) atoms. The predicted octanol–water partition coefficient (Wildman–Crippen LogP) is 1.98. The molecule has 2 heterocycles. The lowest BCUT2D eigenvalue weighted by atomic mass is 10.0. The summed E-state index contributed by atoms with van der Waals surface area (Å²) in [5.41, 5.74) is 0.574. The van der Waals surface area contributed by atoms with E-state index in [4.69, 9.17) is 14.2 Å². The average Bonchev–Trinajstić information content (AvgIpc) is 3.01. The van der Waals surface area contributed by atoms with E-state index in [-0.39, 0.29) is 18.3 Å². The monoisotopic (exact) mass is 246 g/mol. The van der Waals surface area contributed by atoms with Crippen molar-refractivity contribution < 1.29 is 19.0 Å². The number of hydrogen-bond acceptors (Lipinski definition) is 4. The highest BCUT2D eigenvalue weighted by molar-refractivity contribution is 5.76. The first-order chi connectivity index (χ1) is 8.80. The van der Waals surface area contributed by atoms with Crippen LogP contribution in [0, 0.1) is 0 Å². The molecule has 3 unspecified atom stereocenters. The van der Waals surface area contributed by atoms with Crippen molar-refractivity contribution in [3.05, 3.63) is 35.9 Å². The molecule has 4 nitrogen and oxygen atoms in total. The Balaban J connectivity index is 1.83. The van der Waals surface area contributed by atoms with E-state index in [0.717, 1.165) is 12.7 Å². The zero-order chi connectivity index (χ0) is 12.5. The minimum absolute atomic E-state index is 0.00389. The van der Waals surface area contributed by atoms with Crippen LogP contribution in [0.4, 0.5) is 0 Å². The van der Waals surface area contributed by atoms with Crippen LogP contribution >= 0.6 is 0 Å². The zero-order valence-corrected chi connectivity index (χ0v) is 10.0. The molecule has 1 fully saturated rings. The van der Waals surface area contributed by atoms with E-state index in [1.54, 1.807) is 25.3 Å². The molecule has 0 aromatic heterocycles. The first-order valence-corrected chi connectivity index (χ1v) is 5.94. The number of carbonyl (C=O) groups excluding carboxylic acids is 1. The van der Waals surface area contributed by atoms with Crippen LogP contribution in [0.1, 0.15) is 16.8 Å². The Morgan fingerprint density at radius 2 is 2.22 bits per heavy atom. The van der Waals surface area contributed by atoms with Gasteiger partial charge in [0.05, 0.1) is 13.2 Å². The van der Waals surface area contributed by atoms with Gasteiger partial charge in [-0.25, -0.2) is 0 Å². The van der Waals surface area contributed by atoms with E-state index >= 15 is 0 Å². The van der Waals surface area contributed by atoms with E-state index in [1.807, 2.05) is 6.08 Å². The van der Waals surface area contributed by atoms with Gasteiger partial charge in [0, 0.05) is 12.0 Å². The summed E-state index contributed by atoms with van der Waals surface area (Å²) in [7, 11) is 1.58. The van der Waals surface area contributed by atoms with E-state index in [1.165, 1.54) is 0 Å². The third-order valence-electron chi connectivity index (χ3n) is 3.28. The van der Waals surface area contributed by atoms with E-state index < -0.39 is 0 Å². The predicted molar refractivity (Wildman–Crippen MR) is 65.2 cm³/mol. The third-order valence-corrected chi connectivity index (χ3v) is 3.28. The molecule has 2 aliphatic rings. The van der Waals surface area contributed by atoms with Crippen molar-refractivity contribution in [2.75, 3.05) is 7.11 Å². The Bertz CT molecular complexity index is 495. The molecule has 3 rings (SSSR count). The lowest BCUT2D eigenvalue weighted by Crippen LogP contribution is -2.26. The largest absolute Gasteiger partial charge is 0.493 e. The molecule has 4 heteroatoms. The maximum Gasteiger partial charge on any atom is 0.162 e. The highest BCUT2D eigenvalue weighted by atomic mass is 16.6. The molecule has 0 N–H and O–H groups in total. The lowest BCUT2D eigenvalue weighted by molar-refractivity contribution is 0.0788. The Morgan fingerprint density at radius 1 is 1.33 bits per heavy atom. The van der Waals surface area contributed by atoms with Gasteiger partial charge in [-0.15, -0.1) is 0 Å². The SMILES string of the molecule is COc1ccc(C=O)cc1OC1CC2C=CC1O2. The molecule has 0 spiro atoms. The summed E-state index contributed by atoms with van der Waals surface area (Å²) >= 11 is 0. The zero-order valence-electron chi connectivity index (χ0n) is 10.0. The first-order valence-electron chi connectivity index (χ1n) is 5.94. The Kier molecular flexibility index (Phi) is 2.80. The standard InChI is InChI=1S/C14H14O4/c1-16-11-4-2-9(8-15)6-13(11)18-14-7-10-3-5-12(14)17-10/h2-6,8,10,12,14H,7H2,1H3. The molecule has 0 amide bonds. The number of carbonyl (C=O) groups is 1. The van der Waals surface area contributed by atoms with Gasteiger partial charge in [0.25, 0.3) is 0 Å². The normalized spacial score (nSPS) is 28.4. The molecule has 94 valence electrons. The van der Waals surface area contributed by atoms with E-state index in [2.05, 4.69) is 6.08 Å². The van der Waals surface area contributed by atoms with Crippen LogP contribution in [0.15, 0.2) is 30.4 Å². The van der Waals surface area contributed by atoms with Gasteiger partial charge in [-0.2, -0.15) is 0 Å². The van der Waals surface area contributed by atoms with Gasteiger partial charge in [0.1, 0.15) is 18.5 Å². The Morgan fingerprint density at radius 3 is 2.83 bits per heavy atom. The minimum Gasteiger partial charge on any atom is -0.493 e. The lowest BCUT2D eigenvalue weighted by Gasteiger charge is -2.19. The molecule has 0 radical (unpaired) electrons. The van der Waals surface area contributed by atoms with Gasteiger partial charge in [-0.1, -0.05) is 12.2 Å².